The zero-order valence-electron chi connectivity index (χ0n) is 10.4. The largest absolute Gasteiger partial charge is 0.386 e. The van der Waals surface area contributed by atoms with Gasteiger partial charge in [-0.25, -0.2) is 0 Å². The Bertz CT molecular complexity index is 364. The van der Waals surface area contributed by atoms with E-state index in [9.17, 15) is 5.11 Å². The van der Waals surface area contributed by atoms with Gasteiger partial charge in [-0.05, 0) is 30.9 Å². The van der Waals surface area contributed by atoms with Crippen molar-refractivity contribution in [1.82, 2.24) is 0 Å². The van der Waals surface area contributed by atoms with Gasteiger partial charge in [-0.15, -0.1) is 0 Å². The van der Waals surface area contributed by atoms with Crippen molar-refractivity contribution in [3.8, 4) is 0 Å². The fourth-order valence-electron chi connectivity index (χ4n) is 2.42. The lowest BCUT2D eigenvalue weighted by molar-refractivity contribution is -0.0977. The Morgan fingerprint density at radius 2 is 2.18 bits per heavy atom. The van der Waals surface area contributed by atoms with Crippen molar-refractivity contribution in [1.29, 1.82) is 0 Å². The molecule has 94 valence electrons. The van der Waals surface area contributed by atoms with Gasteiger partial charge in [0.15, 0.2) is 0 Å². The molecule has 0 saturated carbocycles. The first-order valence-corrected chi connectivity index (χ1v) is 6.12. The van der Waals surface area contributed by atoms with Crippen molar-refractivity contribution in [3.05, 3.63) is 35.4 Å². The van der Waals surface area contributed by atoms with Gasteiger partial charge in [-0.3, -0.25) is 0 Å². The normalized spacial score (nSPS) is 25.4. The number of fused-ring (bicyclic) bond motifs is 1. The van der Waals surface area contributed by atoms with Crippen LogP contribution in [0.3, 0.4) is 0 Å². The molecule has 0 fully saturated rings. The van der Waals surface area contributed by atoms with E-state index in [2.05, 4.69) is 6.07 Å². The Kier molecular flexibility index (Phi) is 4.15. The van der Waals surface area contributed by atoms with Crippen LogP contribution in [0.4, 0.5) is 0 Å². The van der Waals surface area contributed by atoms with Gasteiger partial charge in [0.25, 0.3) is 0 Å². The highest BCUT2D eigenvalue weighted by molar-refractivity contribution is 5.32. The second-order valence-electron chi connectivity index (χ2n) is 4.62. The van der Waals surface area contributed by atoms with Crippen molar-refractivity contribution in [2.45, 2.75) is 38.1 Å². The van der Waals surface area contributed by atoms with Crippen molar-refractivity contribution in [2.75, 3.05) is 13.7 Å². The van der Waals surface area contributed by atoms with E-state index in [1.807, 2.05) is 25.1 Å². The topological polar surface area (TPSA) is 38.7 Å². The molecule has 1 aliphatic carbocycles. The van der Waals surface area contributed by atoms with Crippen LogP contribution in [0.2, 0.25) is 0 Å². The number of hydrogen-bond acceptors (Lipinski definition) is 3. The standard InChI is InChI=1S/C14H20O3/c1-10(9-16-2)17-13-8-7-11-5-3-4-6-12(11)14(13)15/h3-6,10,13-15H,7-9H2,1-2H3. The van der Waals surface area contributed by atoms with Crippen molar-refractivity contribution < 1.29 is 14.6 Å². The van der Waals surface area contributed by atoms with E-state index < -0.39 is 6.10 Å². The summed E-state index contributed by atoms with van der Waals surface area (Å²) >= 11 is 0. The van der Waals surface area contributed by atoms with Crippen LogP contribution >= 0.6 is 0 Å². The van der Waals surface area contributed by atoms with Crippen LogP contribution < -0.4 is 0 Å². The molecule has 0 heterocycles. The summed E-state index contributed by atoms with van der Waals surface area (Å²) in [5.41, 5.74) is 2.24. The summed E-state index contributed by atoms with van der Waals surface area (Å²) in [6, 6.07) is 8.03. The zero-order valence-corrected chi connectivity index (χ0v) is 10.4. The molecule has 2 rings (SSSR count). The summed E-state index contributed by atoms with van der Waals surface area (Å²) in [7, 11) is 1.66. The molecule has 0 radical (unpaired) electrons. The monoisotopic (exact) mass is 236 g/mol. The molecule has 1 N–H and O–H groups in total. The maximum Gasteiger partial charge on any atom is 0.105 e. The van der Waals surface area contributed by atoms with Crippen LogP contribution in [0.15, 0.2) is 24.3 Å². The molecule has 3 unspecified atom stereocenters. The highest BCUT2D eigenvalue weighted by Gasteiger charge is 2.29. The highest BCUT2D eigenvalue weighted by Crippen LogP contribution is 2.32. The second-order valence-corrected chi connectivity index (χ2v) is 4.62. The minimum atomic E-state index is -0.515. The second kappa shape index (κ2) is 5.63. The molecule has 0 aliphatic heterocycles. The van der Waals surface area contributed by atoms with E-state index in [0.29, 0.717) is 6.61 Å². The van der Waals surface area contributed by atoms with Crippen molar-refractivity contribution in [3.63, 3.8) is 0 Å². The number of benzene rings is 1. The van der Waals surface area contributed by atoms with Crippen LogP contribution in [0, 0.1) is 0 Å². The number of aryl methyl sites for hydroxylation is 1. The van der Waals surface area contributed by atoms with E-state index in [4.69, 9.17) is 9.47 Å². The number of hydrogen-bond donors (Lipinski definition) is 1. The lowest BCUT2D eigenvalue weighted by atomic mass is 9.87. The Morgan fingerprint density at radius 1 is 1.41 bits per heavy atom. The maximum absolute atomic E-state index is 10.3. The van der Waals surface area contributed by atoms with Crippen LogP contribution in [0.25, 0.3) is 0 Å². The molecule has 17 heavy (non-hydrogen) atoms. The zero-order chi connectivity index (χ0) is 12.3. The van der Waals surface area contributed by atoms with E-state index >= 15 is 0 Å². The molecule has 3 nitrogen and oxygen atoms in total. The predicted octanol–water partition coefficient (Wildman–Crippen LogP) is 2.09. The first-order chi connectivity index (χ1) is 8.22. The first-order valence-electron chi connectivity index (χ1n) is 6.12. The van der Waals surface area contributed by atoms with Crippen LogP contribution in [-0.4, -0.2) is 31.0 Å². The SMILES string of the molecule is COCC(C)OC1CCc2ccccc2C1O. The average Bonchev–Trinajstić information content (AvgIpc) is 2.33. The van der Waals surface area contributed by atoms with Crippen LogP contribution in [0.1, 0.15) is 30.6 Å². The summed E-state index contributed by atoms with van der Waals surface area (Å²) in [6.45, 7) is 2.53. The molecule has 0 aromatic heterocycles. The van der Waals surface area contributed by atoms with E-state index in [0.717, 1.165) is 18.4 Å². The Morgan fingerprint density at radius 3 is 2.94 bits per heavy atom. The minimum Gasteiger partial charge on any atom is -0.386 e. The Labute approximate surface area is 102 Å². The third-order valence-corrected chi connectivity index (χ3v) is 3.23. The lowest BCUT2D eigenvalue weighted by Gasteiger charge is -2.32. The number of aliphatic hydroxyl groups is 1. The van der Waals surface area contributed by atoms with Crippen LogP contribution in [-0.2, 0) is 15.9 Å². The molecule has 1 aromatic rings. The third-order valence-electron chi connectivity index (χ3n) is 3.23. The van der Waals surface area contributed by atoms with Gasteiger partial charge in [-0.1, -0.05) is 24.3 Å². The molecule has 0 amide bonds. The van der Waals surface area contributed by atoms with Gasteiger partial charge in [-0.2, -0.15) is 0 Å². The molecule has 1 aromatic carbocycles. The van der Waals surface area contributed by atoms with Gasteiger partial charge < -0.3 is 14.6 Å². The van der Waals surface area contributed by atoms with E-state index in [1.54, 1.807) is 7.11 Å². The van der Waals surface area contributed by atoms with Gasteiger partial charge >= 0.3 is 0 Å². The number of rotatable bonds is 4. The average molecular weight is 236 g/mol. The number of aliphatic hydroxyl groups excluding tert-OH is 1. The molecule has 1 aliphatic rings. The van der Waals surface area contributed by atoms with Crippen LogP contribution in [0.5, 0.6) is 0 Å². The van der Waals surface area contributed by atoms with Gasteiger partial charge in [0.1, 0.15) is 6.10 Å². The molecule has 3 atom stereocenters. The summed E-state index contributed by atoms with van der Waals surface area (Å²) in [5.74, 6) is 0. The molecular weight excluding hydrogens is 216 g/mol. The van der Waals surface area contributed by atoms with Gasteiger partial charge in [0.05, 0.1) is 18.8 Å². The molecule has 0 spiro atoms. The molecule has 3 heteroatoms. The number of ether oxygens (including phenoxy) is 2. The fourth-order valence-corrected chi connectivity index (χ4v) is 2.42. The van der Waals surface area contributed by atoms with Crippen molar-refractivity contribution >= 4 is 0 Å². The summed E-state index contributed by atoms with van der Waals surface area (Å²) in [4.78, 5) is 0. The van der Waals surface area contributed by atoms with Gasteiger partial charge in [0.2, 0.25) is 0 Å². The van der Waals surface area contributed by atoms with Gasteiger partial charge in [0, 0.05) is 7.11 Å². The molecule has 0 saturated heterocycles. The minimum absolute atomic E-state index is 0.0184. The maximum atomic E-state index is 10.3. The lowest BCUT2D eigenvalue weighted by Crippen LogP contribution is -2.32. The predicted molar refractivity (Wildman–Crippen MR) is 65.9 cm³/mol. The van der Waals surface area contributed by atoms with Crippen molar-refractivity contribution in [2.24, 2.45) is 0 Å². The highest BCUT2D eigenvalue weighted by atomic mass is 16.5. The third kappa shape index (κ3) is 2.86. The number of methoxy groups -OCH3 is 1. The Hall–Kier alpha value is -0.900. The van der Waals surface area contributed by atoms with E-state index in [-0.39, 0.29) is 12.2 Å². The smallest absolute Gasteiger partial charge is 0.105 e. The molecular formula is C14H20O3. The molecule has 0 bridgehead atoms. The fraction of sp³-hybridized carbons (Fsp3) is 0.571. The summed E-state index contributed by atoms with van der Waals surface area (Å²) in [6.07, 6.45) is 1.23. The quantitative estimate of drug-likeness (QED) is 0.870. The first kappa shape index (κ1) is 12.6. The summed E-state index contributed by atoms with van der Waals surface area (Å²) in [5, 5.41) is 10.3. The van der Waals surface area contributed by atoms with E-state index in [1.165, 1.54) is 5.56 Å². The summed E-state index contributed by atoms with van der Waals surface area (Å²) < 4.78 is 10.9. The Balaban J connectivity index is 2.04.